The molecule has 0 bridgehead atoms. The molecule has 0 saturated carbocycles. The predicted molar refractivity (Wildman–Crippen MR) is 66.7 cm³/mol. The average molecular weight is 233 g/mol. The molecule has 0 atom stereocenters. The number of hydrogen-bond donors (Lipinski definition) is 2. The number of nitrogen functional groups attached to an aromatic ring is 1. The Bertz CT molecular complexity index is 566. The van der Waals surface area contributed by atoms with Gasteiger partial charge in [-0.05, 0) is 38.1 Å². The average Bonchev–Trinajstić information content (AvgIpc) is 2.59. The number of aromatic nitrogens is 2. The molecular weight excluding hydrogens is 218 g/mol. The van der Waals surface area contributed by atoms with Crippen LogP contribution in [0.5, 0.6) is 5.75 Å². The number of nitrogens with one attached hydrogen (secondary N) is 1. The molecule has 1 aromatic heterocycles. The van der Waals surface area contributed by atoms with Gasteiger partial charge in [-0.15, -0.1) is 0 Å². The van der Waals surface area contributed by atoms with Gasteiger partial charge in [-0.25, -0.2) is 4.68 Å². The van der Waals surface area contributed by atoms with Crippen LogP contribution >= 0.6 is 0 Å². The molecule has 17 heavy (non-hydrogen) atoms. The second-order valence-electron chi connectivity index (χ2n) is 3.72. The lowest BCUT2D eigenvalue weighted by atomic mass is 10.3. The lowest BCUT2D eigenvalue weighted by Gasteiger charge is -2.04. The fourth-order valence-electron chi connectivity index (χ4n) is 1.60. The van der Waals surface area contributed by atoms with Gasteiger partial charge in [0.05, 0.1) is 18.0 Å². The number of benzene rings is 1. The summed E-state index contributed by atoms with van der Waals surface area (Å²) < 4.78 is 6.75. The molecule has 2 aromatic rings. The molecule has 2 rings (SSSR count). The minimum absolute atomic E-state index is 0.230. The number of nitrogens with zero attached hydrogens (tertiary/aromatic N) is 1. The Balaban J connectivity index is 2.40. The van der Waals surface area contributed by atoms with Gasteiger partial charge in [-0.1, -0.05) is 0 Å². The fraction of sp³-hybridized carbons (Fsp3) is 0.250. The number of aryl methyl sites for hydroxylation is 1. The molecule has 0 aliphatic carbocycles. The molecule has 5 heteroatoms. The van der Waals surface area contributed by atoms with E-state index in [0.717, 1.165) is 11.4 Å². The molecule has 90 valence electrons. The molecular formula is C12H15N3O2. The first-order chi connectivity index (χ1) is 8.13. The van der Waals surface area contributed by atoms with Gasteiger partial charge in [0.15, 0.2) is 0 Å². The molecule has 0 aliphatic heterocycles. The maximum Gasteiger partial charge on any atom is 0.294 e. The number of anilines is 1. The minimum atomic E-state index is -0.230. The quantitative estimate of drug-likeness (QED) is 0.842. The maximum absolute atomic E-state index is 11.8. The third-order valence-electron chi connectivity index (χ3n) is 2.52. The number of H-pyrrole nitrogens is 1. The van der Waals surface area contributed by atoms with E-state index in [2.05, 4.69) is 5.10 Å². The van der Waals surface area contributed by atoms with E-state index in [4.69, 9.17) is 10.5 Å². The van der Waals surface area contributed by atoms with Crippen LogP contribution in [0.3, 0.4) is 0 Å². The van der Waals surface area contributed by atoms with E-state index in [0.29, 0.717) is 12.3 Å². The molecule has 0 saturated heterocycles. The molecule has 0 radical (unpaired) electrons. The van der Waals surface area contributed by atoms with Crippen LogP contribution in [0, 0.1) is 6.92 Å². The first-order valence-electron chi connectivity index (χ1n) is 5.43. The highest BCUT2D eigenvalue weighted by Crippen LogP contribution is 2.14. The largest absolute Gasteiger partial charge is 0.494 e. The molecule has 0 spiro atoms. The highest BCUT2D eigenvalue weighted by molar-refractivity contribution is 5.44. The van der Waals surface area contributed by atoms with Crippen LogP contribution in [-0.4, -0.2) is 16.4 Å². The summed E-state index contributed by atoms with van der Waals surface area (Å²) in [5.74, 6) is 0.778. The fourth-order valence-corrected chi connectivity index (χ4v) is 1.60. The maximum atomic E-state index is 11.8. The molecule has 3 N–H and O–H groups in total. The zero-order valence-corrected chi connectivity index (χ0v) is 9.86. The summed E-state index contributed by atoms with van der Waals surface area (Å²) in [6.45, 7) is 4.31. The number of nitrogens with two attached hydrogens (primary N) is 1. The van der Waals surface area contributed by atoms with Crippen LogP contribution in [0.2, 0.25) is 0 Å². The summed E-state index contributed by atoms with van der Waals surface area (Å²) in [6.07, 6.45) is 0. The van der Waals surface area contributed by atoms with Gasteiger partial charge in [-0.2, -0.15) is 0 Å². The highest BCUT2D eigenvalue weighted by atomic mass is 16.5. The molecule has 1 aromatic carbocycles. The van der Waals surface area contributed by atoms with Gasteiger partial charge in [0.2, 0.25) is 0 Å². The number of hydrogen-bond acceptors (Lipinski definition) is 3. The zero-order chi connectivity index (χ0) is 12.4. The SMILES string of the molecule is CCOc1ccc(-n2[nH]c(C)c(N)c2=O)cc1. The zero-order valence-electron chi connectivity index (χ0n) is 9.86. The van der Waals surface area contributed by atoms with Gasteiger partial charge in [0.1, 0.15) is 11.4 Å². The third kappa shape index (κ3) is 2.04. The Morgan fingerprint density at radius 1 is 1.35 bits per heavy atom. The first kappa shape index (κ1) is 11.3. The van der Waals surface area contributed by atoms with Crippen molar-refractivity contribution < 1.29 is 4.74 Å². The van der Waals surface area contributed by atoms with Crippen molar-refractivity contribution in [2.24, 2.45) is 0 Å². The van der Waals surface area contributed by atoms with Crippen molar-refractivity contribution in [3.8, 4) is 11.4 Å². The molecule has 5 nitrogen and oxygen atoms in total. The number of ether oxygens (including phenoxy) is 1. The van der Waals surface area contributed by atoms with Crippen LogP contribution in [-0.2, 0) is 0 Å². The van der Waals surface area contributed by atoms with E-state index in [9.17, 15) is 4.79 Å². The van der Waals surface area contributed by atoms with E-state index in [1.165, 1.54) is 4.68 Å². The van der Waals surface area contributed by atoms with Crippen LogP contribution in [0.1, 0.15) is 12.6 Å². The third-order valence-corrected chi connectivity index (χ3v) is 2.52. The molecule has 0 amide bonds. The summed E-state index contributed by atoms with van der Waals surface area (Å²) in [4.78, 5) is 11.8. The van der Waals surface area contributed by atoms with E-state index >= 15 is 0 Å². The Kier molecular flexibility index (Phi) is 2.91. The second kappa shape index (κ2) is 4.37. The van der Waals surface area contributed by atoms with Crippen molar-refractivity contribution in [1.29, 1.82) is 0 Å². The lowest BCUT2D eigenvalue weighted by molar-refractivity contribution is 0.340. The van der Waals surface area contributed by atoms with Gasteiger partial charge >= 0.3 is 0 Å². The van der Waals surface area contributed by atoms with Crippen molar-refractivity contribution in [2.75, 3.05) is 12.3 Å². The van der Waals surface area contributed by atoms with Crippen LogP contribution in [0.25, 0.3) is 5.69 Å². The van der Waals surface area contributed by atoms with Crippen molar-refractivity contribution in [1.82, 2.24) is 9.78 Å². The first-order valence-corrected chi connectivity index (χ1v) is 5.43. The summed E-state index contributed by atoms with van der Waals surface area (Å²) in [6, 6.07) is 7.25. The van der Waals surface area contributed by atoms with Gasteiger partial charge in [0.25, 0.3) is 5.56 Å². The summed E-state index contributed by atoms with van der Waals surface area (Å²) in [5, 5.41) is 2.92. The lowest BCUT2D eigenvalue weighted by Crippen LogP contribution is -2.16. The second-order valence-corrected chi connectivity index (χ2v) is 3.72. The monoisotopic (exact) mass is 233 g/mol. The van der Waals surface area contributed by atoms with Crippen LogP contribution < -0.4 is 16.0 Å². The number of rotatable bonds is 3. The van der Waals surface area contributed by atoms with E-state index < -0.39 is 0 Å². The highest BCUT2D eigenvalue weighted by Gasteiger charge is 2.08. The van der Waals surface area contributed by atoms with E-state index in [1.807, 2.05) is 31.2 Å². The molecule has 1 heterocycles. The van der Waals surface area contributed by atoms with E-state index in [1.54, 1.807) is 6.92 Å². The molecule has 0 fully saturated rings. The van der Waals surface area contributed by atoms with Crippen molar-refractivity contribution >= 4 is 5.69 Å². The summed E-state index contributed by atoms with van der Waals surface area (Å²) in [7, 11) is 0. The van der Waals surface area contributed by atoms with Crippen LogP contribution in [0.15, 0.2) is 29.1 Å². The Hall–Kier alpha value is -2.17. The van der Waals surface area contributed by atoms with E-state index in [-0.39, 0.29) is 11.2 Å². The normalized spacial score (nSPS) is 10.5. The smallest absolute Gasteiger partial charge is 0.294 e. The van der Waals surface area contributed by atoms with Crippen molar-refractivity contribution in [2.45, 2.75) is 13.8 Å². The van der Waals surface area contributed by atoms with Gasteiger partial charge < -0.3 is 10.5 Å². The summed E-state index contributed by atoms with van der Waals surface area (Å²) in [5.41, 5.74) is 7.05. The standard InChI is InChI=1S/C12H15N3O2/c1-3-17-10-6-4-9(5-7-10)15-12(16)11(13)8(2)14-15/h4-7,14H,3,13H2,1-2H3. The molecule has 0 unspecified atom stereocenters. The van der Waals surface area contributed by atoms with Gasteiger partial charge in [0, 0.05) is 0 Å². The van der Waals surface area contributed by atoms with Gasteiger partial charge in [-0.3, -0.25) is 9.89 Å². The minimum Gasteiger partial charge on any atom is -0.494 e. The van der Waals surface area contributed by atoms with Crippen LogP contribution in [0.4, 0.5) is 5.69 Å². The topological polar surface area (TPSA) is 73.0 Å². The summed E-state index contributed by atoms with van der Waals surface area (Å²) >= 11 is 0. The van der Waals surface area contributed by atoms with Crippen molar-refractivity contribution in [3.05, 3.63) is 40.3 Å². The number of aromatic amines is 1. The Labute approximate surface area is 98.8 Å². The Morgan fingerprint density at radius 2 is 2.00 bits per heavy atom. The van der Waals surface area contributed by atoms with Crippen molar-refractivity contribution in [3.63, 3.8) is 0 Å². The molecule has 0 aliphatic rings. The Morgan fingerprint density at radius 3 is 2.47 bits per heavy atom. The predicted octanol–water partition coefficient (Wildman–Crippen LogP) is 1.45.